The molecule has 2 saturated heterocycles. The highest BCUT2D eigenvalue weighted by Crippen LogP contribution is 2.41. The molecule has 7 heteroatoms. The highest BCUT2D eigenvalue weighted by molar-refractivity contribution is 9.09. The van der Waals surface area contributed by atoms with Crippen LogP contribution in [-0.2, 0) is 17.1 Å². The van der Waals surface area contributed by atoms with E-state index in [0.717, 1.165) is 25.7 Å². The Labute approximate surface area is 115 Å². The molecule has 3 heterocycles. The molecule has 0 aromatic carbocycles. The van der Waals surface area contributed by atoms with Crippen LogP contribution in [0.3, 0.4) is 0 Å². The number of nitrogens with zero attached hydrogens (tertiary/aromatic N) is 3. The predicted octanol–water partition coefficient (Wildman–Crippen LogP) is 1.50. The van der Waals surface area contributed by atoms with Crippen LogP contribution in [0.15, 0.2) is 17.3 Å². The predicted molar refractivity (Wildman–Crippen MR) is 71.0 cm³/mol. The molecular formula is C11H16BrN3O2S. The number of aromatic nitrogens is 2. The van der Waals surface area contributed by atoms with Gasteiger partial charge in [0.05, 0.1) is 6.20 Å². The van der Waals surface area contributed by atoms with E-state index in [0.29, 0.717) is 9.85 Å². The molecule has 2 bridgehead atoms. The van der Waals surface area contributed by atoms with Crippen molar-refractivity contribution in [1.82, 2.24) is 14.1 Å². The maximum absolute atomic E-state index is 12.7. The molecule has 1 aromatic heterocycles. The number of rotatable bonds is 2. The van der Waals surface area contributed by atoms with Crippen molar-refractivity contribution < 1.29 is 8.42 Å². The van der Waals surface area contributed by atoms with Crippen molar-refractivity contribution in [3.05, 3.63) is 12.3 Å². The lowest BCUT2D eigenvalue weighted by Crippen LogP contribution is -2.47. The minimum atomic E-state index is -3.40. The second kappa shape index (κ2) is 4.31. The van der Waals surface area contributed by atoms with Crippen LogP contribution in [0.5, 0.6) is 0 Å². The molecule has 5 nitrogen and oxygen atoms in total. The molecule has 0 amide bonds. The number of piperidine rings is 1. The first-order chi connectivity index (χ1) is 8.50. The highest BCUT2D eigenvalue weighted by Gasteiger charge is 2.47. The van der Waals surface area contributed by atoms with Gasteiger partial charge in [-0.05, 0) is 31.7 Å². The molecule has 2 aliphatic rings. The standard InChI is InChI=1S/C11H16BrN3O2S/c1-14-11(4-5-13-14)18(16,17)15-9-2-3-10(15)7-8(12)6-9/h4-5,8-10H,2-3,6-7H2,1H3. The number of alkyl halides is 1. The molecule has 1 aromatic rings. The van der Waals surface area contributed by atoms with Gasteiger partial charge in [-0.15, -0.1) is 0 Å². The minimum absolute atomic E-state index is 0.146. The molecule has 0 spiro atoms. The summed E-state index contributed by atoms with van der Waals surface area (Å²) in [6.07, 6.45) is 5.31. The van der Waals surface area contributed by atoms with Crippen LogP contribution in [0.1, 0.15) is 25.7 Å². The number of hydrogen-bond acceptors (Lipinski definition) is 3. The number of aryl methyl sites for hydroxylation is 1. The average molecular weight is 334 g/mol. The first-order valence-corrected chi connectivity index (χ1v) is 8.51. The summed E-state index contributed by atoms with van der Waals surface area (Å²) < 4.78 is 28.5. The third-order valence-electron chi connectivity index (χ3n) is 3.93. The molecule has 2 aliphatic heterocycles. The van der Waals surface area contributed by atoms with Crippen LogP contribution in [0.25, 0.3) is 0 Å². The van der Waals surface area contributed by atoms with Crippen LogP contribution in [0, 0.1) is 0 Å². The van der Waals surface area contributed by atoms with E-state index < -0.39 is 10.0 Å². The maximum Gasteiger partial charge on any atom is 0.260 e. The van der Waals surface area contributed by atoms with Crippen molar-refractivity contribution in [2.75, 3.05) is 0 Å². The topological polar surface area (TPSA) is 55.2 Å². The average Bonchev–Trinajstić information content (AvgIpc) is 2.82. The van der Waals surface area contributed by atoms with Gasteiger partial charge in [-0.2, -0.15) is 9.40 Å². The summed E-state index contributed by atoms with van der Waals surface area (Å²) >= 11 is 3.63. The van der Waals surface area contributed by atoms with Gasteiger partial charge in [0, 0.05) is 24.0 Å². The first-order valence-electron chi connectivity index (χ1n) is 6.16. The zero-order valence-electron chi connectivity index (χ0n) is 10.2. The lowest BCUT2D eigenvalue weighted by molar-refractivity contribution is 0.253. The fourth-order valence-electron chi connectivity index (χ4n) is 3.18. The maximum atomic E-state index is 12.7. The molecule has 0 N–H and O–H groups in total. The molecule has 0 radical (unpaired) electrons. The largest absolute Gasteiger partial charge is 0.260 e. The van der Waals surface area contributed by atoms with Crippen molar-refractivity contribution in [2.45, 2.75) is 47.6 Å². The fraction of sp³-hybridized carbons (Fsp3) is 0.727. The minimum Gasteiger partial charge on any atom is -0.256 e. The third-order valence-corrected chi connectivity index (χ3v) is 6.75. The van der Waals surface area contributed by atoms with E-state index in [-0.39, 0.29) is 12.1 Å². The Hall–Kier alpha value is -0.400. The van der Waals surface area contributed by atoms with Crippen LogP contribution < -0.4 is 0 Å². The summed E-state index contributed by atoms with van der Waals surface area (Å²) in [4.78, 5) is 0.452. The number of hydrogen-bond donors (Lipinski definition) is 0. The van der Waals surface area contributed by atoms with Crippen LogP contribution in [-0.4, -0.2) is 39.4 Å². The molecule has 0 saturated carbocycles. The summed E-state index contributed by atoms with van der Waals surface area (Å²) in [6, 6.07) is 1.87. The van der Waals surface area contributed by atoms with Crippen molar-refractivity contribution in [2.24, 2.45) is 7.05 Å². The van der Waals surface area contributed by atoms with Crippen LogP contribution in [0.2, 0.25) is 0 Å². The van der Waals surface area contributed by atoms with E-state index in [1.807, 2.05) is 0 Å². The van der Waals surface area contributed by atoms with Crippen molar-refractivity contribution >= 4 is 26.0 Å². The Balaban J connectivity index is 1.99. The van der Waals surface area contributed by atoms with Gasteiger partial charge < -0.3 is 0 Å². The van der Waals surface area contributed by atoms with Crippen molar-refractivity contribution in [3.8, 4) is 0 Å². The smallest absolute Gasteiger partial charge is 0.256 e. The fourth-order valence-corrected chi connectivity index (χ4v) is 6.04. The Morgan fingerprint density at radius 2 is 1.94 bits per heavy atom. The summed E-state index contributed by atoms with van der Waals surface area (Å²) in [5.41, 5.74) is 0. The number of sulfonamides is 1. The molecule has 18 heavy (non-hydrogen) atoms. The zero-order chi connectivity index (χ0) is 12.9. The Bertz CT molecular complexity index is 542. The van der Waals surface area contributed by atoms with E-state index in [1.165, 1.54) is 10.9 Å². The van der Waals surface area contributed by atoms with Gasteiger partial charge in [0.1, 0.15) is 0 Å². The molecule has 3 rings (SSSR count). The van der Waals surface area contributed by atoms with Crippen LogP contribution >= 0.6 is 15.9 Å². The van der Waals surface area contributed by atoms with E-state index in [2.05, 4.69) is 21.0 Å². The van der Waals surface area contributed by atoms with Crippen LogP contribution in [0.4, 0.5) is 0 Å². The Kier molecular flexibility index (Phi) is 3.03. The second-order valence-corrected chi connectivity index (χ2v) is 8.17. The summed E-state index contributed by atoms with van der Waals surface area (Å²) in [6.45, 7) is 0. The Morgan fingerprint density at radius 1 is 1.33 bits per heavy atom. The van der Waals surface area contributed by atoms with Crippen molar-refractivity contribution in [3.63, 3.8) is 0 Å². The van der Waals surface area contributed by atoms with E-state index >= 15 is 0 Å². The third kappa shape index (κ3) is 1.83. The van der Waals surface area contributed by atoms with E-state index in [9.17, 15) is 8.42 Å². The van der Waals surface area contributed by atoms with Gasteiger partial charge in [-0.25, -0.2) is 8.42 Å². The normalized spacial score (nSPS) is 32.9. The van der Waals surface area contributed by atoms with Gasteiger partial charge in [0.15, 0.2) is 5.03 Å². The summed E-state index contributed by atoms with van der Waals surface area (Å²) in [5.74, 6) is 0. The SMILES string of the molecule is Cn1nccc1S(=O)(=O)N1C2CCC1CC(Br)C2. The highest BCUT2D eigenvalue weighted by atomic mass is 79.9. The van der Waals surface area contributed by atoms with E-state index in [4.69, 9.17) is 0 Å². The van der Waals surface area contributed by atoms with Gasteiger partial charge in [-0.1, -0.05) is 15.9 Å². The zero-order valence-corrected chi connectivity index (χ0v) is 12.6. The van der Waals surface area contributed by atoms with Gasteiger partial charge >= 0.3 is 0 Å². The van der Waals surface area contributed by atoms with Gasteiger partial charge in [0.2, 0.25) is 0 Å². The monoisotopic (exact) mass is 333 g/mol. The Morgan fingerprint density at radius 3 is 2.44 bits per heavy atom. The van der Waals surface area contributed by atoms with E-state index in [1.54, 1.807) is 17.4 Å². The summed E-state index contributed by atoms with van der Waals surface area (Å²) in [7, 11) is -1.72. The summed E-state index contributed by atoms with van der Waals surface area (Å²) in [5, 5.41) is 4.26. The molecule has 100 valence electrons. The number of fused-ring (bicyclic) bond motifs is 2. The van der Waals surface area contributed by atoms with Gasteiger partial charge in [-0.3, -0.25) is 4.68 Å². The molecule has 0 aliphatic carbocycles. The number of halogens is 1. The second-order valence-electron chi connectivity index (χ2n) is 5.08. The molecule has 2 unspecified atom stereocenters. The lowest BCUT2D eigenvalue weighted by Gasteiger charge is -2.35. The molecular weight excluding hydrogens is 318 g/mol. The first kappa shape index (κ1) is 12.6. The van der Waals surface area contributed by atoms with Gasteiger partial charge in [0.25, 0.3) is 10.0 Å². The molecule has 2 atom stereocenters. The quantitative estimate of drug-likeness (QED) is 0.770. The molecule has 2 fully saturated rings. The van der Waals surface area contributed by atoms with Crippen molar-refractivity contribution in [1.29, 1.82) is 0 Å². The lowest BCUT2D eigenvalue weighted by atomic mass is 10.1.